The number of nitrogens with zero attached hydrogens (tertiary/aromatic N) is 2. The molecule has 7 heteroatoms. The summed E-state index contributed by atoms with van der Waals surface area (Å²) in [4.78, 5) is 17.3. The zero-order valence-electron chi connectivity index (χ0n) is 14.7. The average Bonchev–Trinajstić information content (AvgIpc) is 3.30. The summed E-state index contributed by atoms with van der Waals surface area (Å²) in [5.74, 6) is 0.281. The number of nitrogens with one attached hydrogen (secondary N) is 1. The van der Waals surface area contributed by atoms with Crippen LogP contribution in [0.1, 0.15) is 48.4 Å². The van der Waals surface area contributed by atoms with Crippen LogP contribution in [0.2, 0.25) is 0 Å². The number of allylic oxidation sites excluding steroid dienone is 1. The minimum atomic E-state index is -0.843. The van der Waals surface area contributed by atoms with Crippen molar-refractivity contribution in [2.24, 2.45) is 0 Å². The van der Waals surface area contributed by atoms with Crippen molar-refractivity contribution in [3.05, 3.63) is 39.7 Å². The maximum Gasteiger partial charge on any atom is 0.331 e. The minimum absolute atomic E-state index is 0.480. The second-order valence-corrected chi connectivity index (χ2v) is 7.89. The zero-order valence-corrected chi connectivity index (χ0v) is 15.5. The largest absolute Gasteiger partial charge is 0.478 e. The number of hydrogen-bond donors (Lipinski definition) is 2. The van der Waals surface area contributed by atoms with Crippen molar-refractivity contribution in [1.82, 2.24) is 10.1 Å². The highest BCUT2D eigenvalue weighted by Gasteiger charge is 2.28. The summed E-state index contributed by atoms with van der Waals surface area (Å²) in [6.07, 6.45) is 6.44. The number of hydrogen-bond acceptors (Lipinski definition) is 6. The lowest BCUT2D eigenvalue weighted by molar-refractivity contribution is -0.132. The van der Waals surface area contributed by atoms with Crippen molar-refractivity contribution in [3.8, 4) is 11.5 Å². The lowest BCUT2D eigenvalue weighted by atomic mass is 9.90. The average molecular weight is 371 g/mol. The van der Waals surface area contributed by atoms with Crippen LogP contribution in [0.25, 0.3) is 11.5 Å². The predicted octanol–water partition coefficient (Wildman–Crippen LogP) is 4.48. The maximum atomic E-state index is 11.6. The Hall–Kier alpha value is -2.41. The second-order valence-electron chi connectivity index (χ2n) is 6.78. The van der Waals surface area contributed by atoms with Gasteiger partial charge >= 0.3 is 5.97 Å². The molecule has 4 rings (SSSR count). The molecule has 2 aromatic rings. The van der Waals surface area contributed by atoms with Gasteiger partial charge in [0.25, 0.3) is 5.89 Å². The molecule has 0 aliphatic heterocycles. The fourth-order valence-corrected chi connectivity index (χ4v) is 5.11. The Morgan fingerprint density at radius 1 is 1.19 bits per heavy atom. The molecular formula is C19H21N3O3S. The Kier molecular flexibility index (Phi) is 4.40. The van der Waals surface area contributed by atoms with Crippen LogP contribution in [0.15, 0.2) is 27.9 Å². The Morgan fingerprint density at radius 3 is 2.65 bits per heavy atom. The van der Waals surface area contributed by atoms with Crippen molar-refractivity contribution in [2.45, 2.75) is 51.9 Å². The first kappa shape index (κ1) is 17.0. The van der Waals surface area contributed by atoms with Crippen LogP contribution in [-0.4, -0.2) is 21.2 Å². The normalized spacial score (nSPS) is 16.7. The Labute approximate surface area is 155 Å². The summed E-state index contributed by atoms with van der Waals surface area (Å²) >= 11 is 1.68. The third-order valence-corrected chi connectivity index (χ3v) is 6.22. The lowest BCUT2D eigenvalue weighted by Gasteiger charge is -2.20. The molecule has 0 saturated carbocycles. The molecule has 2 aliphatic rings. The standard InChI is InChI=1S/C19H21N3O3S/c1-10(12-6-3-4-7-13(12)19(23)24)20-18-16(17-21-11(2)22-25-17)14-8-5-9-15(14)26-18/h20H,1,3-9H2,2H3,(H,23,24). The van der Waals surface area contributed by atoms with Crippen LogP contribution in [-0.2, 0) is 17.6 Å². The zero-order chi connectivity index (χ0) is 18.3. The van der Waals surface area contributed by atoms with Gasteiger partial charge in [0.15, 0.2) is 5.82 Å². The molecule has 0 saturated heterocycles. The molecule has 26 heavy (non-hydrogen) atoms. The van der Waals surface area contributed by atoms with Gasteiger partial charge in [-0.05, 0) is 63.0 Å². The molecular weight excluding hydrogens is 350 g/mol. The summed E-state index contributed by atoms with van der Waals surface area (Å²) in [6, 6.07) is 0. The van der Waals surface area contributed by atoms with Crippen molar-refractivity contribution < 1.29 is 14.4 Å². The van der Waals surface area contributed by atoms with Gasteiger partial charge < -0.3 is 14.9 Å². The molecule has 0 fully saturated rings. The van der Waals surface area contributed by atoms with Crippen LogP contribution in [0.4, 0.5) is 5.00 Å². The molecule has 2 heterocycles. The van der Waals surface area contributed by atoms with Gasteiger partial charge in [-0.2, -0.15) is 4.98 Å². The van der Waals surface area contributed by atoms with E-state index in [0.29, 0.717) is 29.4 Å². The van der Waals surface area contributed by atoms with E-state index in [4.69, 9.17) is 4.52 Å². The third-order valence-electron chi connectivity index (χ3n) is 5.02. The van der Waals surface area contributed by atoms with Gasteiger partial charge in [-0.3, -0.25) is 0 Å². The SMILES string of the molecule is C=C(Nc1sc2c(c1-c1nc(C)no1)CCC2)C1=C(C(=O)O)CCCC1. The van der Waals surface area contributed by atoms with E-state index in [1.165, 1.54) is 10.4 Å². The first-order valence-corrected chi connectivity index (χ1v) is 9.73. The number of anilines is 1. The van der Waals surface area contributed by atoms with Crippen LogP contribution >= 0.6 is 11.3 Å². The summed E-state index contributed by atoms with van der Waals surface area (Å²) in [5, 5.41) is 17.7. The van der Waals surface area contributed by atoms with E-state index >= 15 is 0 Å². The van der Waals surface area contributed by atoms with Crippen molar-refractivity contribution in [3.63, 3.8) is 0 Å². The molecule has 0 unspecified atom stereocenters. The van der Waals surface area contributed by atoms with E-state index in [1.807, 2.05) is 0 Å². The van der Waals surface area contributed by atoms with Gasteiger partial charge in [-0.15, -0.1) is 11.3 Å². The number of thiophene rings is 1. The number of carbonyl (C=O) groups is 1. The summed E-state index contributed by atoms with van der Waals surface area (Å²) in [5.41, 5.74) is 4.19. The number of carboxylic acids is 1. The van der Waals surface area contributed by atoms with Crippen LogP contribution in [0.3, 0.4) is 0 Å². The number of aliphatic carboxylic acids is 1. The molecule has 0 bridgehead atoms. The molecule has 0 atom stereocenters. The van der Waals surface area contributed by atoms with E-state index < -0.39 is 5.97 Å². The number of aromatic nitrogens is 2. The Morgan fingerprint density at radius 2 is 1.96 bits per heavy atom. The summed E-state index contributed by atoms with van der Waals surface area (Å²) in [6.45, 7) is 5.94. The highest BCUT2D eigenvalue weighted by molar-refractivity contribution is 7.17. The fraction of sp³-hybridized carbons (Fsp3) is 0.421. The highest BCUT2D eigenvalue weighted by atomic mass is 32.1. The smallest absolute Gasteiger partial charge is 0.331 e. The van der Waals surface area contributed by atoms with E-state index in [2.05, 4.69) is 22.0 Å². The van der Waals surface area contributed by atoms with E-state index in [-0.39, 0.29) is 0 Å². The maximum absolute atomic E-state index is 11.6. The van der Waals surface area contributed by atoms with Crippen LogP contribution < -0.4 is 5.32 Å². The van der Waals surface area contributed by atoms with Gasteiger partial charge in [0.2, 0.25) is 0 Å². The van der Waals surface area contributed by atoms with Crippen LogP contribution in [0.5, 0.6) is 0 Å². The first-order valence-electron chi connectivity index (χ1n) is 8.91. The monoisotopic (exact) mass is 371 g/mol. The summed E-state index contributed by atoms with van der Waals surface area (Å²) < 4.78 is 5.43. The molecule has 136 valence electrons. The molecule has 0 spiro atoms. The second kappa shape index (κ2) is 6.72. The Balaban J connectivity index is 1.71. The first-order chi connectivity index (χ1) is 12.5. The molecule has 0 amide bonds. The number of aryl methyl sites for hydroxylation is 2. The molecule has 0 radical (unpaired) electrons. The van der Waals surface area contributed by atoms with Gasteiger partial charge in [0.1, 0.15) is 5.00 Å². The molecule has 2 aromatic heterocycles. The number of carboxylic acid groups (broad SMARTS) is 1. The molecule has 0 aromatic carbocycles. The third kappa shape index (κ3) is 2.96. The Bertz CT molecular complexity index is 923. The molecule has 2 aliphatic carbocycles. The van der Waals surface area contributed by atoms with Crippen molar-refractivity contribution in [2.75, 3.05) is 5.32 Å². The fourth-order valence-electron chi connectivity index (χ4n) is 3.80. The minimum Gasteiger partial charge on any atom is -0.478 e. The van der Waals surface area contributed by atoms with Crippen molar-refractivity contribution in [1.29, 1.82) is 0 Å². The van der Waals surface area contributed by atoms with Gasteiger partial charge in [-0.25, -0.2) is 4.79 Å². The van der Waals surface area contributed by atoms with E-state index in [0.717, 1.165) is 54.7 Å². The van der Waals surface area contributed by atoms with E-state index in [9.17, 15) is 9.90 Å². The van der Waals surface area contributed by atoms with Gasteiger partial charge in [0.05, 0.1) is 5.56 Å². The topological polar surface area (TPSA) is 88.3 Å². The van der Waals surface area contributed by atoms with E-state index in [1.54, 1.807) is 18.3 Å². The highest BCUT2D eigenvalue weighted by Crippen LogP contribution is 2.45. The van der Waals surface area contributed by atoms with Gasteiger partial charge in [-0.1, -0.05) is 11.7 Å². The molecule has 2 N–H and O–H groups in total. The predicted molar refractivity (Wildman–Crippen MR) is 100 cm³/mol. The summed E-state index contributed by atoms with van der Waals surface area (Å²) in [7, 11) is 0. The lowest BCUT2D eigenvalue weighted by Crippen LogP contribution is -2.13. The number of fused-ring (bicyclic) bond motifs is 1. The van der Waals surface area contributed by atoms with Crippen molar-refractivity contribution >= 4 is 22.3 Å². The molecule has 6 nitrogen and oxygen atoms in total. The van der Waals surface area contributed by atoms with Crippen LogP contribution in [0, 0.1) is 6.92 Å². The quantitative estimate of drug-likeness (QED) is 0.806. The van der Waals surface area contributed by atoms with Gasteiger partial charge in [0, 0.05) is 16.1 Å². The number of rotatable bonds is 5.